The van der Waals surface area contributed by atoms with Gasteiger partial charge in [0, 0.05) is 23.3 Å². The second-order valence-corrected chi connectivity index (χ2v) is 8.11. The molecule has 38 heavy (non-hydrogen) atoms. The van der Waals surface area contributed by atoms with E-state index in [1.54, 1.807) is 26.4 Å². The first-order valence-corrected chi connectivity index (χ1v) is 11.6. The van der Waals surface area contributed by atoms with E-state index in [9.17, 15) is 0 Å². The summed E-state index contributed by atoms with van der Waals surface area (Å²) in [6.45, 7) is 0. The molecule has 0 aliphatic heterocycles. The Balaban J connectivity index is 1.36. The second-order valence-electron chi connectivity index (χ2n) is 8.11. The monoisotopic (exact) mass is 507 g/mol. The third-order valence-electron chi connectivity index (χ3n) is 5.52. The molecule has 5 rings (SSSR count). The van der Waals surface area contributed by atoms with Gasteiger partial charge >= 0.3 is 0 Å². The lowest BCUT2D eigenvalue weighted by atomic mass is 10.1. The highest BCUT2D eigenvalue weighted by molar-refractivity contribution is 5.69. The Hall–Kier alpha value is -5.45. The van der Waals surface area contributed by atoms with Crippen molar-refractivity contribution in [1.29, 1.82) is 0 Å². The standard InChI is InChI=1S/C27H25N9O2/c1-37-18-10-6-16(7-11-18)20-14-24(35-26(28)30-20)33-22-4-3-5-23(32-22)34-25-15-21(31-27(29)36-25)17-8-12-19(38-2)13-9-17/h3-15H,1-2H3,(H6,28,29,30,31,32,33,34,35,36). The molecule has 11 heteroatoms. The zero-order valence-corrected chi connectivity index (χ0v) is 20.7. The topological polar surface area (TPSA) is 159 Å². The summed E-state index contributed by atoms with van der Waals surface area (Å²) in [4.78, 5) is 21.9. The average Bonchev–Trinajstić information content (AvgIpc) is 2.93. The first-order valence-electron chi connectivity index (χ1n) is 11.6. The van der Waals surface area contributed by atoms with Crippen molar-refractivity contribution in [3.8, 4) is 34.0 Å². The average molecular weight is 508 g/mol. The number of rotatable bonds is 8. The summed E-state index contributed by atoms with van der Waals surface area (Å²) in [5.74, 6) is 3.88. The Morgan fingerprint density at radius 3 is 1.34 bits per heavy atom. The molecule has 0 aliphatic carbocycles. The van der Waals surface area contributed by atoms with Crippen LogP contribution in [0, 0.1) is 0 Å². The van der Waals surface area contributed by atoms with Crippen LogP contribution >= 0.6 is 0 Å². The molecule has 11 nitrogen and oxygen atoms in total. The van der Waals surface area contributed by atoms with Crippen molar-refractivity contribution in [2.75, 3.05) is 36.3 Å². The van der Waals surface area contributed by atoms with Crippen LogP contribution < -0.4 is 31.6 Å². The largest absolute Gasteiger partial charge is 0.497 e. The van der Waals surface area contributed by atoms with Gasteiger partial charge in [0.2, 0.25) is 11.9 Å². The zero-order valence-electron chi connectivity index (χ0n) is 20.7. The fourth-order valence-electron chi connectivity index (χ4n) is 3.72. The number of nitrogens with two attached hydrogens (primary N) is 2. The number of ether oxygens (including phenoxy) is 2. The van der Waals surface area contributed by atoms with E-state index in [4.69, 9.17) is 20.9 Å². The molecule has 0 amide bonds. The van der Waals surface area contributed by atoms with Crippen molar-refractivity contribution in [1.82, 2.24) is 24.9 Å². The van der Waals surface area contributed by atoms with Gasteiger partial charge in [-0.05, 0) is 60.7 Å². The van der Waals surface area contributed by atoms with Crippen LogP contribution in [-0.2, 0) is 0 Å². The zero-order chi connectivity index (χ0) is 26.5. The van der Waals surface area contributed by atoms with E-state index in [0.29, 0.717) is 34.7 Å². The highest BCUT2D eigenvalue weighted by Gasteiger charge is 2.09. The van der Waals surface area contributed by atoms with E-state index in [2.05, 4.69) is 35.6 Å². The number of nitrogen functional groups attached to an aromatic ring is 2. The van der Waals surface area contributed by atoms with Gasteiger partial charge in [0.05, 0.1) is 25.6 Å². The summed E-state index contributed by atoms with van der Waals surface area (Å²) in [6.07, 6.45) is 0. The summed E-state index contributed by atoms with van der Waals surface area (Å²) in [6, 6.07) is 24.1. The third-order valence-corrected chi connectivity index (χ3v) is 5.52. The smallest absolute Gasteiger partial charge is 0.222 e. The molecule has 2 aromatic carbocycles. The van der Waals surface area contributed by atoms with Crippen molar-refractivity contribution >= 4 is 35.2 Å². The number of aromatic nitrogens is 5. The van der Waals surface area contributed by atoms with Gasteiger partial charge in [0.15, 0.2) is 0 Å². The molecular weight excluding hydrogens is 482 g/mol. The number of benzene rings is 2. The lowest BCUT2D eigenvalue weighted by Crippen LogP contribution is -2.04. The second kappa shape index (κ2) is 10.7. The molecule has 0 unspecified atom stereocenters. The first kappa shape index (κ1) is 24.3. The lowest BCUT2D eigenvalue weighted by Gasteiger charge is -2.11. The van der Waals surface area contributed by atoms with Crippen LogP contribution in [0.3, 0.4) is 0 Å². The molecule has 3 heterocycles. The molecule has 3 aromatic heterocycles. The van der Waals surface area contributed by atoms with E-state index >= 15 is 0 Å². The Morgan fingerprint density at radius 2 is 0.947 bits per heavy atom. The van der Waals surface area contributed by atoms with Gasteiger partial charge in [-0.2, -0.15) is 9.97 Å². The maximum atomic E-state index is 5.98. The highest BCUT2D eigenvalue weighted by atomic mass is 16.5. The van der Waals surface area contributed by atoms with Gasteiger partial charge < -0.3 is 31.6 Å². The van der Waals surface area contributed by atoms with Gasteiger partial charge in [-0.3, -0.25) is 0 Å². The van der Waals surface area contributed by atoms with E-state index in [1.165, 1.54) is 0 Å². The maximum Gasteiger partial charge on any atom is 0.222 e. The molecule has 0 radical (unpaired) electrons. The van der Waals surface area contributed by atoms with Crippen LogP contribution in [0.2, 0.25) is 0 Å². The van der Waals surface area contributed by atoms with E-state index in [0.717, 1.165) is 22.6 Å². The van der Waals surface area contributed by atoms with Crippen molar-refractivity contribution in [2.45, 2.75) is 0 Å². The third kappa shape index (κ3) is 5.68. The quantitative estimate of drug-likeness (QED) is 0.231. The normalized spacial score (nSPS) is 10.6. The number of anilines is 6. The van der Waals surface area contributed by atoms with Crippen molar-refractivity contribution < 1.29 is 9.47 Å². The molecule has 190 valence electrons. The van der Waals surface area contributed by atoms with Crippen molar-refractivity contribution in [3.63, 3.8) is 0 Å². The van der Waals surface area contributed by atoms with Crippen LogP contribution in [0.15, 0.2) is 78.9 Å². The van der Waals surface area contributed by atoms with Gasteiger partial charge in [0.25, 0.3) is 0 Å². The van der Waals surface area contributed by atoms with Crippen LogP contribution in [0.1, 0.15) is 0 Å². The Kier molecular flexibility index (Phi) is 6.81. The number of hydrogen-bond acceptors (Lipinski definition) is 11. The van der Waals surface area contributed by atoms with Gasteiger partial charge in [0.1, 0.15) is 34.8 Å². The predicted molar refractivity (Wildman–Crippen MR) is 148 cm³/mol. The minimum atomic E-state index is 0.137. The Morgan fingerprint density at radius 1 is 0.526 bits per heavy atom. The molecular formula is C27H25N9O2. The highest BCUT2D eigenvalue weighted by Crippen LogP contribution is 2.27. The van der Waals surface area contributed by atoms with Crippen molar-refractivity contribution in [2.24, 2.45) is 0 Å². The molecule has 0 saturated carbocycles. The fourth-order valence-corrected chi connectivity index (χ4v) is 3.72. The number of hydrogen-bond donors (Lipinski definition) is 4. The molecule has 0 spiro atoms. The molecule has 5 aromatic rings. The van der Waals surface area contributed by atoms with Crippen LogP contribution in [0.5, 0.6) is 11.5 Å². The van der Waals surface area contributed by atoms with Gasteiger partial charge in [-0.25, -0.2) is 15.0 Å². The first-order chi connectivity index (χ1) is 18.5. The van der Waals surface area contributed by atoms with E-state index in [1.807, 2.05) is 66.7 Å². The van der Waals surface area contributed by atoms with Crippen LogP contribution in [0.4, 0.5) is 35.2 Å². The van der Waals surface area contributed by atoms with Gasteiger partial charge in [-0.1, -0.05) is 6.07 Å². The summed E-state index contributed by atoms with van der Waals surface area (Å²) < 4.78 is 10.5. The molecule has 0 atom stereocenters. The fraction of sp³-hybridized carbons (Fsp3) is 0.0741. The Bertz CT molecular complexity index is 1440. The number of nitrogens with one attached hydrogen (secondary N) is 2. The van der Waals surface area contributed by atoms with E-state index in [-0.39, 0.29) is 11.9 Å². The summed E-state index contributed by atoms with van der Waals surface area (Å²) in [5, 5.41) is 6.37. The Labute approximate surface area is 218 Å². The summed E-state index contributed by atoms with van der Waals surface area (Å²) in [7, 11) is 3.24. The number of nitrogens with zero attached hydrogens (tertiary/aromatic N) is 5. The summed E-state index contributed by atoms with van der Waals surface area (Å²) in [5.41, 5.74) is 15.0. The molecule has 0 saturated heterocycles. The molecule has 0 aliphatic rings. The minimum Gasteiger partial charge on any atom is -0.497 e. The van der Waals surface area contributed by atoms with E-state index < -0.39 is 0 Å². The number of pyridine rings is 1. The summed E-state index contributed by atoms with van der Waals surface area (Å²) >= 11 is 0. The minimum absolute atomic E-state index is 0.137. The van der Waals surface area contributed by atoms with Crippen LogP contribution in [0.25, 0.3) is 22.5 Å². The SMILES string of the molecule is COc1ccc(-c2cc(Nc3cccc(Nc4cc(-c5ccc(OC)cc5)nc(N)n4)n3)nc(N)n2)cc1. The molecule has 0 fully saturated rings. The molecule has 0 bridgehead atoms. The lowest BCUT2D eigenvalue weighted by molar-refractivity contribution is 0.415. The molecule has 6 N–H and O–H groups in total. The maximum absolute atomic E-state index is 5.98. The van der Waals surface area contributed by atoms with Crippen molar-refractivity contribution in [3.05, 3.63) is 78.9 Å². The van der Waals surface area contributed by atoms with Gasteiger partial charge in [-0.15, -0.1) is 0 Å². The number of methoxy groups -OCH3 is 2. The predicted octanol–water partition coefficient (Wildman–Crippen LogP) is 4.66. The van der Waals surface area contributed by atoms with Crippen LogP contribution in [-0.4, -0.2) is 39.1 Å².